The highest BCUT2D eigenvalue weighted by Gasteiger charge is 2.16. The Morgan fingerprint density at radius 2 is 1.76 bits per heavy atom. The van der Waals surface area contributed by atoms with Crippen LogP contribution in [0.1, 0.15) is 42.6 Å². The first-order chi connectivity index (χ1) is 8.19. The summed E-state index contributed by atoms with van der Waals surface area (Å²) in [5.74, 6) is -1.36. The summed E-state index contributed by atoms with van der Waals surface area (Å²) < 4.78 is 4.66. The van der Waals surface area contributed by atoms with E-state index in [1.165, 1.54) is 5.56 Å². The fourth-order valence-electron chi connectivity index (χ4n) is 1.52. The van der Waals surface area contributed by atoms with E-state index in [1.54, 1.807) is 19.1 Å². The van der Waals surface area contributed by atoms with E-state index in [2.05, 4.69) is 11.7 Å². The number of carbonyl (C=O) groups is 2. The average molecular weight is 234 g/mol. The number of rotatable bonds is 6. The number of hydrogen-bond donors (Lipinski definition) is 0. The molecule has 3 heteroatoms. The van der Waals surface area contributed by atoms with E-state index in [4.69, 9.17) is 0 Å². The van der Waals surface area contributed by atoms with Gasteiger partial charge in [-0.15, -0.1) is 0 Å². The van der Waals surface area contributed by atoms with Crippen LogP contribution in [0.25, 0.3) is 0 Å². The Balaban J connectivity index is 2.67. The molecule has 1 aromatic carbocycles. The van der Waals surface area contributed by atoms with Gasteiger partial charge in [-0.3, -0.25) is 4.79 Å². The van der Waals surface area contributed by atoms with E-state index >= 15 is 0 Å². The summed E-state index contributed by atoms with van der Waals surface area (Å²) in [6.45, 7) is 4.04. The van der Waals surface area contributed by atoms with Crippen molar-refractivity contribution in [1.82, 2.24) is 0 Å². The van der Waals surface area contributed by atoms with E-state index < -0.39 is 11.8 Å². The van der Waals surface area contributed by atoms with Crippen LogP contribution in [-0.2, 0) is 16.0 Å². The van der Waals surface area contributed by atoms with Gasteiger partial charge in [-0.1, -0.05) is 37.6 Å². The molecule has 0 aliphatic carbocycles. The zero-order valence-electron chi connectivity index (χ0n) is 10.4. The van der Waals surface area contributed by atoms with Crippen molar-refractivity contribution < 1.29 is 14.3 Å². The number of carbonyl (C=O) groups excluding carboxylic acids is 2. The Kier molecular flexibility index (Phi) is 5.40. The fraction of sp³-hybridized carbons (Fsp3) is 0.429. The SMILES string of the molecule is CCCCc1ccc(C(=O)C(=O)OCC)cc1. The van der Waals surface area contributed by atoms with Crippen LogP contribution in [0.5, 0.6) is 0 Å². The van der Waals surface area contributed by atoms with E-state index in [0.717, 1.165) is 19.3 Å². The fourth-order valence-corrected chi connectivity index (χ4v) is 1.52. The summed E-state index contributed by atoms with van der Waals surface area (Å²) in [4.78, 5) is 22.8. The van der Waals surface area contributed by atoms with Gasteiger partial charge in [-0.25, -0.2) is 4.79 Å². The molecule has 0 saturated carbocycles. The lowest BCUT2D eigenvalue weighted by molar-refractivity contribution is -0.137. The molecular formula is C14H18O3. The maximum atomic E-state index is 11.6. The third-order valence-corrected chi connectivity index (χ3v) is 2.50. The van der Waals surface area contributed by atoms with Crippen LogP contribution in [0.2, 0.25) is 0 Å². The van der Waals surface area contributed by atoms with Crippen molar-refractivity contribution in [3.8, 4) is 0 Å². The van der Waals surface area contributed by atoms with Crippen LogP contribution in [0, 0.1) is 0 Å². The van der Waals surface area contributed by atoms with Crippen molar-refractivity contribution in [2.24, 2.45) is 0 Å². The summed E-state index contributed by atoms with van der Waals surface area (Å²) >= 11 is 0. The summed E-state index contributed by atoms with van der Waals surface area (Å²) in [7, 11) is 0. The molecule has 0 bridgehead atoms. The highest BCUT2D eigenvalue weighted by atomic mass is 16.5. The number of aryl methyl sites for hydroxylation is 1. The highest BCUT2D eigenvalue weighted by molar-refractivity contribution is 6.40. The maximum absolute atomic E-state index is 11.6. The number of benzene rings is 1. The first-order valence-electron chi connectivity index (χ1n) is 5.99. The van der Waals surface area contributed by atoms with E-state index in [9.17, 15) is 9.59 Å². The first kappa shape index (κ1) is 13.4. The minimum absolute atomic E-state index is 0.221. The lowest BCUT2D eigenvalue weighted by atomic mass is 10.0. The van der Waals surface area contributed by atoms with E-state index in [0.29, 0.717) is 5.56 Å². The zero-order chi connectivity index (χ0) is 12.7. The second-order valence-electron chi connectivity index (χ2n) is 3.85. The monoisotopic (exact) mass is 234 g/mol. The molecule has 17 heavy (non-hydrogen) atoms. The summed E-state index contributed by atoms with van der Waals surface area (Å²) in [5.41, 5.74) is 1.58. The molecule has 0 atom stereocenters. The van der Waals surface area contributed by atoms with E-state index in [1.807, 2.05) is 12.1 Å². The number of ketones is 1. The number of hydrogen-bond acceptors (Lipinski definition) is 3. The lowest BCUT2D eigenvalue weighted by Gasteiger charge is -2.03. The predicted octanol–water partition coefficient (Wildman–Crippen LogP) is 2.78. The minimum Gasteiger partial charge on any atom is -0.460 e. The number of unbranched alkanes of at least 4 members (excludes halogenated alkanes) is 1. The molecule has 0 unspecified atom stereocenters. The van der Waals surface area contributed by atoms with Crippen molar-refractivity contribution in [3.05, 3.63) is 35.4 Å². The molecule has 1 aromatic rings. The molecule has 3 nitrogen and oxygen atoms in total. The number of esters is 1. The molecule has 0 heterocycles. The molecule has 0 radical (unpaired) electrons. The van der Waals surface area contributed by atoms with Gasteiger partial charge < -0.3 is 4.74 Å². The Bertz CT molecular complexity index is 379. The standard InChI is InChI=1S/C14H18O3/c1-3-5-6-11-7-9-12(10-8-11)13(15)14(16)17-4-2/h7-10H,3-6H2,1-2H3. The quantitative estimate of drug-likeness (QED) is 0.432. The van der Waals surface area contributed by atoms with Crippen molar-refractivity contribution in [1.29, 1.82) is 0 Å². The molecule has 0 fully saturated rings. The average Bonchev–Trinajstić information content (AvgIpc) is 2.36. The van der Waals surface area contributed by atoms with Gasteiger partial charge in [0.05, 0.1) is 6.61 Å². The van der Waals surface area contributed by atoms with Gasteiger partial charge in [-0.2, -0.15) is 0 Å². The van der Waals surface area contributed by atoms with E-state index in [-0.39, 0.29) is 6.61 Å². The second-order valence-corrected chi connectivity index (χ2v) is 3.85. The zero-order valence-corrected chi connectivity index (χ0v) is 10.4. The lowest BCUT2D eigenvalue weighted by Crippen LogP contribution is -2.17. The summed E-state index contributed by atoms with van der Waals surface area (Å²) in [6.07, 6.45) is 3.28. The molecule has 0 saturated heterocycles. The molecule has 0 spiro atoms. The van der Waals surface area contributed by atoms with Crippen LogP contribution >= 0.6 is 0 Å². The van der Waals surface area contributed by atoms with Gasteiger partial charge in [0.15, 0.2) is 0 Å². The predicted molar refractivity (Wildman–Crippen MR) is 66.0 cm³/mol. The summed E-state index contributed by atoms with van der Waals surface area (Å²) in [6, 6.07) is 7.15. The third kappa shape index (κ3) is 4.02. The van der Waals surface area contributed by atoms with Gasteiger partial charge in [0, 0.05) is 5.56 Å². The number of Topliss-reactive ketones (excluding diaryl/α,β-unsaturated/α-hetero) is 1. The molecule has 0 aliphatic heterocycles. The molecular weight excluding hydrogens is 216 g/mol. The van der Waals surface area contributed by atoms with Crippen LogP contribution in [0.3, 0.4) is 0 Å². The molecule has 1 rings (SSSR count). The van der Waals surface area contributed by atoms with Crippen LogP contribution in [0.15, 0.2) is 24.3 Å². The molecule has 0 aromatic heterocycles. The largest absolute Gasteiger partial charge is 0.460 e. The highest BCUT2D eigenvalue weighted by Crippen LogP contribution is 2.09. The third-order valence-electron chi connectivity index (χ3n) is 2.50. The Hall–Kier alpha value is -1.64. The minimum atomic E-state index is -0.784. The summed E-state index contributed by atoms with van der Waals surface area (Å²) in [5, 5.41) is 0. The van der Waals surface area contributed by atoms with Gasteiger partial charge in [0.1, 0.15) is 0 Å². The smallest absolute Gasteiger partial charge is 0.379 e. The van der Waals surface area contributed by atoms with Crippen LogP contribution in [-0.4, -0.2) is 18.4 Å². The Labute approximate surface area is 102 Å². The van der Waals surface area contributed by atoms with Crippen molar-refractivity contribution in [2.75, 3.05) is 6.61 Å². The molecule has 0 amide bonds. The second kappa shape index (κ2) is 6.84. The Morgan fingerprint density at radius 1 is 1.12 bits per heavy atom. The van der Waals surface area contributed by atoms with Gasteiger partial charge in [0.2, 0.25) is 0 Å². The molecule has 92 valence electrons. The normalized spacial score (nSPS) is 10.0. The number of ether oxygens (including phenoxy) is 1. The van der Waals surface area contributed by atoms with Crippen molar-refractivity contribution in [2.45, 2.75) is 33.1 Å². The Morgan fingerprint density at radius 3 is 2.29 bits per heavy atom. The molecule has 0 aliphatic rings. The first-order valence-corrected chi connectivity index (χ1v) is 5.99. The maximum Gasteiger partial charge on any atom is 0.379 e. The van der Waals surface area contributed by atoms with Gasteiger partial charge >= 0.3 is 5.97 Å². The van der Waals surface area contributed by atoms with Crippen LogP contribution < -0.4 is 0 Å². The van der Waals surface area contributed by atoms with Crippen molar-refractivity contribution >= 4 is 11.8 Å². The van der Waals surface area contributed by atoms with Crippen molar-refractivity contribution in [3.63, 3.8) is 0 Å². The van der Waals surface area contributed by atoms with Gasteiger partial charge in [-0.05, 0) is 25.3 Å². The van der Waals surface area contributed by atoms with Crippen LogP contribution in [0.4, 0.5) is 0 Å². The van der Waals surface area contributed by atoms with Gasteiger partial charge in [0.25, 0.3) is 5.78 Å². The topological polar surface area (TPSA) is 43.4 Å². The molecule has 0 N–H and O–H groups in total.